The summed E-state index contributed by atoms with van der Waals surface area (Å²) in [4.78, 5) is 26.9. The SMILES string of the molecule is COc1cc2cc(CCNC(=O)C3CSCN3)c(=O)[nH]c2cc1Cl. The fourth-order valence-corrected chi connectivity index (χ4v) is 3.78. The van der Waals surface area contributed by atoms with Crippen molar-refractivity contribution in [3.8, 4) is 5.75 Å². The average Bonchev–Trinajstić information content (AvgIpc) is 3.09. The smallest absolute Gasteiger partial charge is 0.251 e. The lowest BCUT2D eigenvalue weighted by atomic mass is 10.1. The second-order valence-electron chi connectivity index (χ2n) is 5.51. The van der Waals surface area contributed by atoms with Crippen LogP contribution >= 0.6 is 23.4 Å². The number of rotatable bonds is 5. The summed E-state index contributed by atoms with van der Waals surface area (Å²) in [6.45, 7) is 0.418. The number of nitrogens with one attached hydrogen (secondary N) is 3. The van der Waals surface area contributed by atoms with Crippen molar-refractivity contribution in [2.75, 3.05) is 25.3 Å². The first-order chi connectivity index (χ1) is 11.6. The van der Waals surface area contributed by atoms with Gasteiger partial charge in [0, 0.05) is 29.1 Å². The summed E-state index contributed by atoms with van der Waals surface area (Å²) in [5, 5.41) is 7.27. The zero-order chi connectivity index (χ0) is 17.1. The van der Waals surface area contributed by atoms with Gasteiger partial charge in [-0.25, -0.2) is 0 Å². The molecule has 2 aromatic rings. The fourth-order valence-electron chi connectivity index (χ4n) is 2.60. The highest BCUT2D eigenvalue weighted by atomic mass is 35.5. The number of halogens is 1. The maximum atomic E-state index is 12.2. The molecule has 1 aliphatic heterocycles. The first-order valence-electron chi connectivity index (χ1n) is 7.57. The molecular weight excluding hydrogens is 350 g/mol. The number of carbonyl (C=O) groups excluding carboxylic acids is 1. The van der Waals surface area contributed by atoms with Crippen LogP contribution in [-0.4, -0.2) is 42.2 Å². The molecule has 1 atom stereocenters. The van der Waals surface area contributed by atoms with Crippen molar-refractivity contribution in [1.82, 2.24) is 15.6 Å². The van der Waals surface area contributed by atoms with E-state index in [1.54, 1.807) is 31.0 Å². The summed E-state index contributed by atoms with van der Waals surface area (Å²) in [6.07, 6.45) is 0.460. The molecule has 6 nitrogen and oxygen atoms in total. The number of benzene rings is 1. The standard InChI is InChI=1S/C16H18ClN3O3S/c1-23-14-5-10-4-9(15(21)20-12(10)6-11(14)17)2-3-18-16(22)13-7-24-8-19-13/h4-6,13,19H,2-3,7-8H2,1H3,(H,18,22)(H,20,21). The Hall–Kier alpha value is -1.70. The summed E-state index contributed by atoms with van der Waals surface area (Å²) < 4.78 is 5.20. The highest BCUT2D eigenvalue weighted by molar-refractivity contribution is 7.99. The number of carbonyl (C=O) groups is 1. The largest absolute Gasteiger partial charge is 0.495 e. The molecule has 0 saturated carbocycles. The van der Waals surface area contributed by atoms with Crippen LogP contribution in [0.2, 0.25) is 5.02 Å². The van der Waals surface area contributed by atoms with E-state index in [1.165, 1.54) is 0 Å². The number of hydrogen-bond acceptors (Lipinski definition) is 5. The van der Waals surface area contributed by atoms with E-state index in [4.69, 9.17) is 16.3 Å². The molecule has 3 rings (SSSR count). The van der Waals surface area contributed by atoms with E-state index in [2.05, 4.69) is 15.6 Å². The third-order valence-electron chi connectivity index (χ3n) is 3.92. The third kappa shape index (κ3) is 3.68. The van der Waals surface area contributed by atoms with Crippen molar-refractivity contribution in [1.29, 1.82) is 0 Å². The van der Waals surface area contributed by atoms with Gasteiger partial charge in [0.15, 0.2) is 0 Å². The number of pyridine rings is 1. The van der Waals surface area contributed by atoms with Crippen LogP contribution in [-0.2, 0) is 11.2 Å². The van der Waals surface area contributed by atoms with E-state index in [9.17, 15) is 9.59 Å². The lowest BCUT2D eigenvalue weighted by Crippen LogP contribution is -2.42. The van der Waals surface area contributed by atoms with Crippen LogP contribution in [0.25, 0.3) is 10.9 Å². The van der Waals surface area contributed by atoms with Crippen LogP contribution in [0.3, 0.4) is 0 Å². The normalized spacial score (nSPS) is 17.2. The van der Waals surface area contributed by atoms with Crippen LogP contribution in [0.4, 0.5) is 0 Å². The molecule has 3 N–H and O–H groups in total. The minimum Gasteiger partial charge on any atom is -0.495 e. The van der Waals surface area contributed by atoms with Gasteiger partial charge in [-0.05, 0) is 24.6 Å². The van der Waals surface area contributed by atoms with Crippen molar-refractivity contribution in [3.05, 3.63) is 39.1 Å². The van der Waals surface area contributed by atoms with Gasteiger partial charge in [0.25, 0.3) is 5.56 Å². The molecule has 1 unspecified atom stereocenters. The Kier molecular flexibility index (Phi) is 5.33. The van der Waals surface area contributed by atoms with Crippen LogP contribution in [0.15, 0.2) is 23.0 Å². The molecule has 128 valence electrons. The average molecular weight is 368 g/mol. The Morgan fingerprint density at radius 3 is 3.00 bits per heavy atom. The minimum atomic E-state index is -0.174. The van der Waals surface area contributed by atoms with Crippen LogP contribution < -0.4 is 20.9 Å². The lowest BCUT2D eigenvalue weighted by Gasteiger charge is -2.11. The van der Waals surface area contributed by atoms with Crippen LogP contribution in [0.5, 0.6) is 5.75 Å². The molecule has 1 fully saturated rings. The summed E-state index contributed by atoms with van der Waals surface area (Å²) in [5.74, 6) is 2.11. The zero-order valence-corrected chi connectivity index (χ0v) is 14.7. The summed E-state index contributed by atoms with van der Waals surface area (Å²) in [6, 6.07) is 5.13. The van der Waals surface area contributed by atoms with Gasteiger partial charge in [0.1, 0.15) is 5.75 Å². The third-order valence-corrected chi connectivity index (χ3v) is 5.16. The number of H-pyrrole nitrogens is 1. The fraction of sp³-hybridized carbons (Fsp3) is 0.375. The van der Waals surface area contributed by atoms with Gasteiger partial charge in [-0.3, -0.25) is 14.9 Å². The molecule has 24 heavy (non-hydrogen) atoms. The van der Waals surface area contributed by atoms with Gasteiger partial charge >= 0.3 is 0 Å². The van der Waals surface area contributed by atoms with Gasteiger partial charge in [-0.15, -0.1) is 11.8 Å². The van der Waals surface area contributed by atoms with E-state index in [0.29, 0.717) is 34.8 Å². The van der Waals surface area contributed by atoms with E-state index in [-0.39, 0.29) is 17.5 Å². The van der Waals surface area contributed by atoms with Crippen LogP contribution in [0, 0.1) is 0 Å². The van der Waals surface area contributed by atoms with E-state index in [1.807, 2.05) is 6.07 Å². The maximum absolute atomic E-state index is 12.2. The number of methoxy groups -OCH3 is 1. The number of fused-ring (bicyclic) bond motifs is 1. The number of amides is 1. The monoisotopic (exact) mass is 367 g/mol. The van der Waals surface area contributed by atoms with E-state index < -0.39 is 0 Å². The molecule has 1 aromatic carbocycles. The van der Waals surface area contributed by atoms with Gasteiger partial charge in [-0.2, -0.15) is 0 Å². The number of thioether (sulfide) groups is 1. The Balaban J connectivity index is 1.72. The van der Waals surface area contributed by atoms with Crippen LogP contribution in [0.1, 0.15) is 5.56 Å². The van der Waals surface area contributed by atoms with Crippen molar-refractivity contribution in [2.24, 2.45) is 0 Å². The molecule has 0 radical (unpaired) electrons. The predicted octanol–water partition coefficient (Wildman–Crippen LogP) is 1.51. The molecule has 0 bridgehead atoms. The van der Waals surface area contributed by atoms with Crippen molar-refractivity contribution in [3.63, 3.8) is 0 Å². The topological polar surface area (TPSA) is 83.2 Å². The number of hydrogen-bond donors (Lipinski definition) is 3. The van der Waals surface area contributed by atoms with Crippen molar-refractivity contribution < 1.29 is 9.53 Å². The first kappa shape index (κ1) is 17.1. The first-order valence-corrected chi connectivity index (χ1v) is 9.10. The summed E-state index contributed by atoms with van der Waals surface area (Å²) in [7, 11) is 1.55. The molecule has 0 spiro atoms. The molecule has 2 heterocycles. The molecule has 1 aliphatic rings. The second-order valence-corrected chi connectivity index (χ2v) is 6.95. The summed E-state index contributed by atoms with van der Waals surface area (Å²) >= 11 is 7.77. The maximum Gasteiger partial charge on any atom is 0.251 e. The predicted molar refractivity (Wildman–Crippen MR) is 97.1 cm³/mol. The Labute approximate surface area is 148 Å². The highest BCUT2D eigenvalue weighted by Crippen LogP contribution is 2.28. The Bertz CT molecular complexity index is 818. The number of ether oxygens (including phenoxy) is 1. The molecule has 8 heteroatoms. The zero-order valence-electron chi connectivity index (χ0n) is 13.1. The highest BCUT2D eigenvalue weighted by Gasteiger charge is 2.21. The van der Waals surface area contributed by atoms with Gasteiger partial charge in [0.05, 0.1) is 23.7 Å². The van der Waals surface area contributed by atoms with Crippen molar-refractivity contribution in [2.45, 2.75) is 12.5 Å². The van der Waals surface area contributed by atoms with Gasteiger partial charge < -0.3 is 15.0 Å². The number of aromatic nitrogens is 1. The quantitative estimate of drug-likeness (QED) is 0.746. The van der Waals surface area contributed by atoms with E-state index in [0.717, 1.165) is 17.0 Å². The van der Waals surface area contributed by atoms with Gasteiger partial charge in [-0.1, -0.05) is 11.6 Å². The molecule has 0 aliphatic carbocycles. The molecular formula is C16H18ClN3O3S. The molecule has 1 aromatic heterocycles. The lowest BCUT2D eigenvalue weighted by molar-refractivity contribution is -0.122. The Morgan fingerprint density at radius 1 is 1.46 bits per heavy atom. The number of aromatic amines is 1. The minimum absolute atomic E-state index is 0.0225. The van der Waals surface area contributed by atoms with E-state index >= 15 is 0 Å². The molecule has 1 amide bonds. The summed E-state index contributed by atoms with van der Waals surface area (Å²) in [5.41, 5.74) is 1.10. The second kappa shape index (κ2) is 7.46. The van der Waals surface area contributed by atoms with Crippen molar-refractivity contribution >= 4 is 40.2 Å². The van der Waals surface area contributed by atoms with Gasteiger partial charge in [0.2, 0.25) is 5.91 Å². The Morgan fingerprint density at radius 2 is 2.29 bits per heavy atom. The molecule has 1 saturated heterocycles.